The van der Waals surface area contributed by atoms with Crippen LogP contribution in [-0.4, -0.2) is 50.3 Å². The maximum atomic E-state index is 11.9. The van der Waals surface area contributed by atoms with Gasteiger partial charge in [-0.2, -0.15) is 17.0 Å². The van der Waals surface area contributed by atoms with E-state index in [4.69, 9.17) is 5.73 Å². The second-order valence-corrected chi connectivity index (χ2v) is 5.88. The monoisotopic (exact) mass is 237 g/mol. The fourth-order valence-electron chi connectivity index (χ4n) is 1.09. The minimum atomic E-state index is -3.34. The Balaban J connectivity index is 4.52. The molecule has 2 N–H and O–H groups in total. The van der Waals surface area contributed by atoms with E-state index >= 15 is 0 Å². The minimum Gasteiger partial charge on any atom is -0.329 e. The Bertz CT molecular complexity index is 267. The van der Waals surface area contributed by atoms with Crippen molar-refractivity contribution in [1.29, 1.82) is 0 Å². The van der Waals surface area contributed by atoms with E-state index in [-0.39, 0.29) is 6.04 Å². The lowest BCUT2D eigenvalue weighted by Gasteiger charge is -2.28. The number of nitrogens with zero attached hydrogens (tertiary/aromatic N) is 2. The van der Waals surface area contributed by atoms with Crippen LogP contribution in [0.1, 0.15) is 26.7 Å². The average molecular weight is 237 g/mol. The first kappa shape index (κ1) is 14.8. The topological polar surface area (TPSA) is 66.6 Å². The van der Waals surface area contributed by atoms with Gasteiger partial charge in [0.25, 0.3) is 10.2 Å². The third-order valence-electron chi connectivity index (χ3n) is 2.55. The molecule has 0 fully saturated rings. The van der Waals surface area contributed by atoms with Gasteiger partial charge in [-0.1, -0.05) is 13.3 Å². The van der Waals surface area contributed by atoms with Gasteiger partial charge in [-0.3, -0.25) is 0 Å². The van der Waals surface area contributed by atoms with Crippen molar-refractivity contribution >= 4 is 10.2 Å². The van der Waals surface area contributed by atoms with Crippen molar-refractivity contribution in [2.45, 2.75) is 32.7 Å². The van der Waals surface area contributed by atoms with Crippen molar-refractivity contribution in [3.63, 3.8) is 0 Å². The molecule has 1 unspecified atom stereocenters. The molecular formula is C9H23N3O2S. The van der Waals surface area contributed by atoms with Gasteiger partial charge in [0.2, 0.25) is 0 Å². The van der Waals surface area contributed by atoms with Crippen molar-refractivity contribution in [2.75, 3.05) is 27.2 Å². The summed E-state index contributed by atoms with van der Waals surface area (Å²) in [6.07, 6.45) is 1.86. The van der Waals surface area contributed by atoms with Crippen molar-refractivity contribution < 1.29 is 8.42 Å². The third-order valence-corrected chi connectivity index (χ3v) is 4.60. The Morgan fingerprint density at radius 2 is 1.87 bits per heavy atom. The smallest absolute Gasteiger partial charge is 0.281 e. The first-order valence-electron chi connectivity index (χ1n) is 5.27. The number of nitrogens with two attached hydrogens (primary N) is 1. The number of rotatable bonds is 7. The molecule has 92 valence electrons. The van der Waals surface area contributed by atoms with Crippen LogP contribution in [0.2, 0.25) is 0 Å². The van der Waals surface area contributed by atoms with Gasteiger partial charge in [-0.05, 0) is 13.3 Å². The third kappa shape index (κ3) is 4.06. The Morgan fingerprint density at radius 3 is 2.27 bits per heavy atom. The predicted molar refractivity (Wildman–Crippen MR) is 62.7 cm³/mol. The lowest BCUT2D eigenvalue weighted by atomic mass is 10.3. The lowest BCUT2D eigenvalue weighted by Crippen LogP contribution is -2.46. The summed E-state index contributed by atoms with van der Waals surface area (Å²) in [6.45, 7) is 4.72. The highest BCUT2D eigenvalue weighted by atomic mass is 32.2. The summed E-state index contributed by atoms with van der Waals surface area (Å²) in [5.74, 6) is 0. The number of unbranched alkanes of at least 4 members (excludes halogenated alkanes) is 1. The molecule has 0 aromatic rings. The zero-order chi connectivity index (χ0) is 12.1. The maximum absolute atomic E-state index is 11.9. The predicted octanol–water partition coefficient (Wildman–Crippen LogP) is 0.242. The summed E-state index contributed by atoms with van der Waals surface area (Å²) in [5, 5.41) is 0. The normalized spacial score (nSPS) is 14.9. The standard InChI is InChI=1S/C9H23N3O2S/c1-5-6-7-11(3)15(13,14)12(4)9(2)8-10/h9H,5-8,10H2,1-4H3. The Labute approximate surface area is 93.4 Å². The summed E-state index contributed by atoms with van der Waals surface area (Å²) >= 11 is 0. The van der Waals surface area contributed by atoms with Crippen LogP contribution in [0.25, 0.3) is 0 Å². The second kappa shape index (κ2) is 6.42. The van der Waals surface area contributed by atoms with Crippen LogP contribution in [0, 0.1) is 0 Å². The molecule has 5 nitrogen and oxygen atoms in total. The maximum Gasteiger partial charge on any atom is 0.281 e. The van der Waals surface area contributed by atoms with Crippen LogP contribution in [0.3, 0.4) is 0 Å². The first-order valence-corrected chi connectivity index (χ1v) is 6.67. The number of hydrogen-bond donors (Lipinski definition) is 1. The van der Waals surface area contributed by atoms with E-state index in [9.17, 15) is 8.42 Å². The van der Waals surface area contributed by atoms with E-state index in [1.807, 2.05) is 6.92 Å². The second-order valence-electron chi connectivity index (χ2n) is 3.78. The van der Waals surface area contributed by atoms with E-state index in [1.165, 1.54) is 8.61 Å². The molecule has 15 heavy (non-hydrogen) atoms. The molecule has 1 atom stereocenters. The van der Waals surface area contributed by atoms with Gasteiger partial charge in [-0.25, -0.2) is 0 Å². The Morgan fingerprint density at radius 1 is 1.33 bits per heavy atom. The van der Waals surface area contributed by atoms with Gasteiger partial charge in [0.05, 0.1) is 0 Å². The molecule has 0 aliphatic heterocycles. The highest BCUT2D eigenvalue weighted by Gasteiger charge is 2.26. The van der Waals surface area contributed by atoms with Gasteiger partial charge in [0.15, 0.2) is 0 Å². The van der Waals surface area contributed by atoms with Gasteiger partial charge >= 0.3 is 0 Å². The van der Waals surface area contributed by atoms with Crippen molar-refractivity contribution in [1.82, 2.24) is 8.61 Å². The van der Waals surface area contributed by atoms with E-state index in [1.54, 1.807) is 21.0 Å². The molecule has 6 heteroatoms. The molecule has 0 heterocycles. The molecule has 0 aromatic heterocycles. The van der Waals surface area contributed by atoms with Crippen LogP contribution in [0.15, 0.2) is 0 Å². The molecule has 0 saturated heterocycles. The number of likely N-dealkylation sites (N-methyl/N-ethyl adjacent to an activating group) is 1. The summed E-state index contributed by atoms with van der Waals surface area (Å²) in [5.41, 5.74) is 5.45. The fraction of sp³-hybridized carbons (Fsp3) is 1.00. The van der Waals surface area contributed by atoms with Crippen LogP contribution in [0.4, 0.5) is 0 Å². The highest BCUT2D eigenvalue weighted by Crippen LogP contribution is 2.08. The Hall–Kier alpha value is -0.170. The first-order chi connectivity index (χ1) is 6.87. The fourth-order valence-corrected chi connectivity index (χ4v) is 2.43. The van der Waals surface area contributed by atoms with Gasteiger partial charge in [0, 0.05) is 33.2 Å². The summed E-state index contributed by atoms with van der Waals surface area (Å²) in [4.78, 5) is 0. The zero-order valence-electron chi connectivity index (χ0n) is 10.1. The highest BCUT2D eigenvalue weighted by molar-refractivity contribution is 7.86. The van der Waals surface area contributed by atoms with Crippen LogP contribution in [-0.2, 0) is 10.2 Å². The lowest BCUT2D eigenvalue weighted by molar-refractivity contribution is 0.346. The molecule has 0 saturated carbocycles. The van der Waals surface area contributed by atoms with E-state index in [2.05, 4.69) is 0 Å². The molecular weight excluding hydrogens is 214 g/mol. The molecule has 0 aliphatic carbocycles. The quantitative estimate of drug-likeness (QED) is 0.690. The van der Waals surface area contributed by atoms with Crippen LogP contribution < -0.4 is 5.73 Å². The summed E-state index contributed by atoms with van der Waals surface area (Å²) < 4.78 is 26.6. The van der Waals surface area contributed by atoms with Gasteiger partial charge in [-0.15, -0.1) is 0 Å². The van der Waals surface area contributed by atoms with Crippen LogP contribution in [0.5, 0.6) is 0 Å². The van der Waals surface area contributed by atoms with E-state index < -0.39 is 10.2 Å². The Kier molecular flexibility index (Phi) is 6.35. The molecule has 0 aromatic carbocycles. The molecule has 0 aliphatic rings. The SMILES string of the molecule is CCCCN(C)S(=O)(=O)N(C)C(C)CN. The molecule has 0 rings (SSSR count). The molecule has 0 amide bonds. The summed E-state index contributed by atoms with van der Waals surface area (Å²) in [7, 11) is -0.169. The number of hydrogen-bond acceptors (Lipinski definition) is 3. The molecule has 0 radical (unpaired) electrons. The van der Waals surface area contributed by atoms with E-state index in [0.29, 0.717) is 13.1 Å². The van der Waals surface area contributed by atoms with Gasteiger partial charge in [0.1, 0.15) is 0 Å². The minimum absolute atomic E-state index is 0.168. The van der Waals surface area contributed by atoms with Crippen LogP contribution >= 0.6 is 0 Å². The average Bonchev–Trinajstić information content (AvgIpc) is 2.23. The van der Waals surface area contributed by atoms with E-state index in [0.717, 1.165) is 12.8 Å². The molecule has 0 spiro atoms. The molecule has 0 bridgehead atoms. The largest absolute Gasteiger partial charge is 0.329 e. The van der Waals surface area contributed by atoms with Crippen molar-refractivity contribution in [2.24, 2.45) is 5.73 Å². The van der Waals surface area contributed by atoms with Crippen molar-refractivity contribution in [3.05, 3.63) is 0 Å². The van der Waals surface area contributed by atoms with Gasteiger partial charge < -0.3 is 5.73 Å². The summed E-state index contributed by atoms with van der Waals surface area (Å²) in [6, 6.07) is -0.168. The van der Waals surface area contributed by atoms with Crippen molar-refractivity contribution in [3.8, 4) is 0 Å². The zero-order valence-corrected chi connectivity index (χ0v) is 10.9.